The summed E-state index contributed by atoms with van der Waals surface area (Å²) in [5.41, 5.74) is 7.29. The van der Waals surface area contributed by atoms with Crippen LogP contribution in [0.1, 0.15) is 11.3 Å². The molecule has 0 saturated carbocycles. The minimum absolute atomic E-state index is 0.0793. The summed E-state index contributed by atoms with van der Waals surface area (Å²) in [7, 11) is 0. The van der Waals surface area contributed by atoms with Gasteiger partial charge in [-0.3, -0.25) is 5.41 Å². The lowest BCUT2D eigenvalue weighted by atomic mass is 10.1. The number of aryl methyl sites for hydroxylation is 1. The highest BCUT2D eigenvalue weighted by Crippen LogP contribution is 2.18. The van der Waals surface area contributed by atoms with Crippen LogP contribution in [0.4, 0.5) is 4.39 Å². The molecule has 2 aromatic rings. The first kappa shape index (κ1) is 9.58. The highest BCUT2D eigenvalue weighted by atomic mass is 19.1. The standard InChI is InChI=1S/C11H10FN3/c1-6-4-10(11(13)14)15-9-3-2-7(12)5-8(6)9/h2-5H,1H3,(H3,13,14). The smallest absolute Gasteiger partial charge is 0.141 e. The summed E-state index contributed by atoms with van der Waals surface area (Å²) in [4.78, 5) is 4.16. The zero-order valence-electron chi connectivity index (χ0n) is 8.21. The Bertz CT molecular complexity index is 549. The summed E-state index contributed by atoms with van der Waals surface area (Å²) in [6.07, 6.45) is 0. The lowest BCUT2D eigenvalue weighted by molar-refractivity contribution is 0.629. The fourth-order valence-corrected chi connectivity index (χ4v) is 1.50. The van der Waals surface area contributed by atoms with Crippen LogP contribution >= 0.6 is 0 Å². The van der Waals surface area contributed by atoms with E-state index in [0.717, 1.165) is 10.9 Å². The molecule has 0 unspecified atom stereocenters. The number of rotatable bonds is 1. The quantitative estimate of drug-likeness (QED) is 0.549. The van der Waals surface area contributed by atoms with Crippen molar-refractivity contribution in [2.45, 2.75) is 6.92 Å². The van der Waals surface area contributed by atoms with Crippen LogP contribution in [0.15, 0.2) is 24.3 Å². The number of hydrogen-bond acceptors (Lipinski definition) is 2. The Kier molecular flexibility index (Phi) is 2.11. The molecule has 0 spiro atoms. The minimum Gasteiger partial charge on any atom is -0.382 e. The maximum absolute atomic E-state index is 13.0. The number of nitrogen functional groups attached to an aromatic ring is 1. The first-order valence-electron chi connectivity index (χ1n) is 4.49. The van der Waals surface area contributed by atoms with Crippen molar-refractivity contribution >= 4 is 16.7 Å². The second-order valence-corrected chi connectivity index (χ2v) is 3.40. The second kappa shape index (κ2) is 3.31. The van der Waals surface area contributed by atoms with Gasteiger partial charge in [0.25, 0.3) is 0 Å². The molecule has 1 heterocycles. The second-order valence-electron chi connectivity index (χ2n) is 3.40. The molecule has 3 nitrogen and oxygen atoms in total. The molecule has 0 amide bonds. The molecule has 0 aliphatic rings. The molecule has 0 bridgehead atoms. The van der Waals surface area contributed by atoms with E-state index in [1.54, 1.807) is 12.1 Å². The Morgan fingerprint density at radius 2 is 2.13 bits per heavy atom. The van der Waals surface area contributed by atoms with E-state index in [4.69, 9.17) is 11.1 Å². The van der Waals surface area contributed by atoms with Crippen LogP contribution in [0.5, 0.6) is 0 Å². The highest BCUT2D eigenvalue weighted by molar-refractivity contribution is 5.96. The molecule has 0 saturated heterocycles. The van der Waals surface area contributed by atoms with Gasteiger partial charge in [-0.05, 0) is 36.8 Å². The van der Waals surface area contributed by atoms with Crippen molar-refractivity contribution in [1.82, 2.24) is 4.98 Å². The molecule has 76 valence electrons. The minimum atomic E-state index is -0.289. The molecule has 15 heavy (non-hydrogen) atoms. The van der Waals surface area contributed by atoms with Gasteiger partial charge in [0, 0.05) is 5.39 Å². The van der Waals surface area contributed by atoms with Crippen LogP contribution in [-0.2, 0) is 0 Å². The third kappa shape index (κ3) is 1.66. The molecular formula is C11H10FN3. The molecule has 0 aliphatic heterocycles. The number of halogens is 1. The van der Waals surface area contributed by atoms with Gasteiger partial charge in [-0.2, -0.15) is 0 Å². The summed E-state index contributed by atoms with van der Waals surface area (Å²) in [6.45, 7) is 1.84. The zero-order chi connectivity index (χ0) is 11.0. The van der Waals surface area contributed by atoms with Crippen LogP contribution in [0.25, 0.3) is 10.9 Å². The van der Waals surface area contributed by atoms with Gasteiger partial charge in [-0.25, -0.2) is 9.37 Å². The largest absolute Gasteiger partial charge is 0.382 e. The molecule has 0 radical (unpaired) electrons. The van der Waals surface area contributed by atoms with Gasteiger partial charge in [0.15, 0.2) is 0 Å². The summed E-state index contributed by atoms with van der Waals surface area (Å²) < 4.78 is 13.0. The average Bonchev–Trinajstić information content (AvgIpc) is 2.18. The van der Waals surface area contributed by atoms with Crippen LogP contribution in [-0.4, -0.2) is 10.8 Å². The Hall–Kier alpha value is -1.97. The number of pyridine rings is 1. The zero-order valence-corrected chi connectivity index (χ0v) is 8.21. The van der Waals surface area contributed by atoms with Crippen molar-refractivity contribution in [3.8, 4) is 0 Å². The number of benzene rings is 1. The maximum Gasteiger partial charge on any atom is 0.141 e. The van der Waals surface area contributed by atoms with E-state index in [1.807, 2.05) is 6.92 Å². The van der Waals surface area contributed by atoms with Crippen molar-refractivity contribution in [3.63, 3.8) is 0 Å². The third-order valence-electron chi connectivity index (χ3n) is 2.25. The van der Waals surface area contributed by atoms with Gasteiger partial charge in [0.05, 0.1) is 5.52 Å². The number of amidine groups is 1. The van der Waals surface area contributed by atoms with Crippen molar-refractivity contribution in [1.29, 1.82) is 5.41 Å². The first-order valence-corrected chi connectivity index (χ1v) is 4.49. The Labute approximate surface area is 86.3 Å². The Morgan fingerprint density at radius 1 is 1.40 bits per heavy atom. The number of nitrogens with two attached hydrogens (primary N) is 1. The summed E-state index contributed by atoms with van der Waals surface area (Å²) >= 11 is 0. The van der Waals surface area contributed by atoms with Crippen molar-refractivity contribution < 1.29 is 4.39 Å². The molecule has 0 aliphatic carbocycles. The maximum atomic E-state index is 13.0. The molecule has 0 fully saturated rings. The van der Waals surface area contributed by atoms with Crippen molar-refractivity contribution in [2.24, 2.45) is 5.73 Å². The number of hydrogen-bond donors (Lipinski definition) is 2. The summed E-state index contributed by atoms with van der Waals surface area (Å²) in [5, 5.41) is 8.04. The van der Waals surface area contributed by atoms with Gasteiger partial charge < -0.3 is 5.73 Å². The highest BCUT2D eigenvalue weighted by Gasteiger charge is 2.05. The fraction of sp³-hybridized carbons (Fsp3) is 0.0909. The Morgan fingerprint density at radius 3 is 2.80 bits per heavy atom. The topological polar surface area (TPSA) is 62.8 Å². The number of aromatic nitrogens is 1. The summed E-state index contributed by atoms with van der Waals surface area (Å²) in [6, 6.07) is 6.05. The van der Waals surface area contributed by atoms with E-state index in [0.29, 0.717) is 11.2 Å². The fourth-order valence-electron chi connectivity index (χ4n) is 1.50. The first-order chi connectivity index (χ1) is 7.08. The van der Waals surface area contributed by atoms with Gasteiger partial charge in [-0.1, -0.05) is 0 Å². The van der Waals surface area contributed by atoms with Crippen LogP contribution in [0.3, 0.4) is 0 Å². The number of nitrogens with zero attached hydrogens (tertiary/aromatic N) is 1. The van der Waals surface area contributed by atoms with E-state index in [9.17, 15) is 4.39 Å². The van der Waals surface area contributed by atoms with Crippen LogP contribution in [0, 0.1) is 18.2 Å². The average molecular weight is 203 g/mol. The van der Waals surface area contributed by atoms with Crippen molar-refractivity contribution in [3.05, 3.63) is 41.3 Å². The van der Waals surface area contributed by atoms with Gasteiger partial charge in [-0.15, -0.1) is 0 Å². The molecule has 0 atom stereocenters. The summed E-state index contributed by atoms with van der Waals surface area (Å²) in [5.74, 6) is -0.368. The van der Waals surface area contributed by atoms with E-state index < -0.39 is 0 Å². The normalized spacial score (nSPS) is 10.5. The predicted molar refractivity (Wildman–Crippen MR) is 57.5 cm³/mol. The number of fused-ring (bicyclic) bond motifs is 1. The van der Waals surface area contributed by atoms with Gasteiger partial charge in [0.1, 0.15) is 17.3 Å². The van der Waals surface area contributed by atoms with Gasteiger partial charge >= 0.3 is 0 Å². The van der Waals surface area contributed by atoms with Gasteiger partial charge in [0.2, 0.25) is 0 Å². The molecular weight excluding hydrogens is 193 g/mol. The number of nitrogens with one attached hydrogen (secondary N) is 1. The predicted octanol–water partition coefficient (Wildman–Crippen LogP) is 1.97. The molecule has 4 heteroatoms. The SMILES string of the molecule is Cc1cc(C(=N)N)nc2ccc(F)cc12. The van der Waals surface area contributed by atoms with E-state index in [2.05, 4.69) is 4.98 Å². The molecule has 3 N–H and O–H groups in total. The molecule has 1 aromatic carbocycles. The lowest BCUT2D eigenvalue weighted by Gasteiger charge is -2.04. The Balaban J connectivity index is 2.78. The third-order valence-corrected chi connectivity index (χ3v) is 2.25. The van der Waals surface area contributed by atoms with E-state index >= 15 is 0 Å². The van der Waals surface area contributed by atoms with Crippen molar-refractivity contribution in [2.75, 3.05) is 0 Å². The van der Waals surface area contributed by atoms with Crippen LogP contribution < -0.4 is 5.73 Å². The monoisotopic (exact) mass is 203 g/mol. The lowest BCUT2D eigenvalue weighted by Crippen LogP contribution is -2.13. The molecule has 2 rings (SSSR count). The van der Waals surface area contributed by atoms with Crippen LogP contribution in [0.2, 0.25) is 0 Å². The molecule has 1 aromatic heterocycles. The van der Waals surface area contributed by atoms with E-state index in [1.165, 1.54) is 12.1 Å². The van der Waals surface area contributed by atoms with E-state index in [-0.39, 0.29) is 11.7 Å².